The van der Waals surface area contributed by atoms with E-state index in [1.165, 1.54) is 6.33 Å². The van der Waals surface area contributed by atoms with Gasteiger partial charge in [-0.15, -0.1) is 0 Å². The fourth-order valence-electron chi connectivity index (χ4n) is 1.14. The largest absolute Gasteiger partial charge is 0.262 e. The minimum absolute atomic E-state index is 0.155. The maximum absolute atomic E-state index is 11.5. The lowest BCUT2D eigenvalue weighted by Gasteiger charge is -2.10. The third-order valence-electron chi connectivity index (χ3n) is 1.97. The monoisotopic (exact) mass is 232 g/mol. The van der Waals surface area contributed by atoms with Crippen LogP contribution in [0.5, 0.6) is 0 Å². The molecule has 6 nitrogen and oxygen atoms in total. The van der Waals surface area contributed by atoms with Crippen LogP contribution < -0.4 is 4.72 Å². The summed E-state index contributed by atoms with van der Waals surface area (Å²) in [5.74, 6) is 0.678. The van der Waals surface area contributed by atoms with Crippen molar-refractivity contribution in [1.82, 2.24) is 19.9 Å². The molecule has 1 rings (SSSR count). The van der Waals surface area contributed by atoms with E-state index in [0.29, 0.717) is 12.2 Å². The Morgan fingerprint density at radius 3 is 2.87 bits per heavy atom. The smallest absolute Gasteiger partial charge is 0.212 e. The number of hydrogen-bond donors (Lipinski definition) is 2. The molecule has 2 N–H and O–H groups in total. The molecule has 0 aliphatic rings. The maximum atomic E-state index is 11.5. The van der Waals surface area contributed by atoms with Gasteiger partial charge in [0.1, 0.15) is 12.2 Å². The summed E-state index contributed by atoms with van der Waals surface area (Å²) in [7, 11) is -3.21. The van der Waals surface area contributed by atoms with E-state index in [9.17, 15) is 8.42 Å². The third-order valence-corrected chi connectivity index (χ3v) is 3.51. The van der Waals surface area contributed by atoms with Crippen molar-refractivity contribution >= 4 is 10.0 Å². The molecule has 1 aromatic heterocycles. The van der Waals surface area contributed by atoms with Crippen LogP contribution in [-0.4, -0.2) is 29.4 Å². The van der Waals surface area contributed by atoms with Crippen LogP contribution in [0.1, 0.15) is 38.6 Å². The van der Waals surface area contributed by atoms with Crippen molar-refractivity contribution in [1.29, 1.82) is 0 Å². The van der Waals surface area contributed by atoms with Crippen LogP contribution >= 0.6 is 0 Å². The third kappa shape index (κ3) is 3.96. The predicted molar refractivity (Wildman–Crippen MR) is 56.6 cm³/mol. The van der Waals surface area contributed by atoms with Crippen molar-refractivity contribution in [2.24, 2.45) is 0 Å². The zero-order valence-electron chi connectivity index (χ0n) is 8.90. The lowest BCUT2D eigenvalue weighted by molar-refractivity contribution is 0.557. The molecule has 0 aliphatic heterocycles. The summed E-state index contributed by atoms with van der Waals surface area (Å²) < 4.78 is 25.6. The molecule has 15 heavy (non-hydrogen) atoms. The number of rotatable bonds is 6. The first-order valence-corrected chi connectivity index (χ1v) is 6.55. The summed E-state index contributed by atoms with van der Waals surface area (Å²) >= 11 is 0. The van der Waals surface area contributed by atoms with Crippen LogP contribution in [0.4, 0.5) is 0 Å². The lowest BCUT2D eigenvalue weighted by atomic mass is 10.3. The zero-order chi connectivity index (χ0) is 11.3. The first kappa shape index (κ1) is 12.1. The minimum atomic E-state index is -3.21. The molecule has 0 fully saturated rings. The highest BCUT2D eigenvalue weighted by Crippen LogP contribution is 2.07. The number of aromatic amines is 1. The van der Waals surface area contributed by atoms with Gasteiger partial charge in [-0.05, 0) is 13.3 Å². The number of hydrogen-bond acceptors (Lipinski definition) is 4. The molecule has 0 saturated heterocycles. The fraction of sp³-hybridized carbons (Fsp3) is 0.750. The van der Waals surface area contributed by atoms with E-state index in [1.807, 2.05) is 6.92 Å². The first-order valence-electron chi connectivity index (χ1n) is 4.90. The molecule has 0 aliphatic carbocycles. The summed E-state index contributed by atoms with van der Waals surface area (Å²) in [6, 6.07) is -0.366. The summed E-state index contributed by atoms with van der Waals surface area (Å²) in [6.07, 6.45) is 2.88. The standard InChI is InChI=1S/C8H16N4O2S/c1-3-4-5-15(13,14)12-7(2)8-9-6-10-11-8/h6-7,12H,3-5H2,1-2H3,(H,9,10,11). The molecule has 0 aromatic carbocycles. The molecule has 1 aromatic rings. The number of unbranched alkanes of at least 4 members (excludes halogenated alkanes) is 1. The molecule has 0 saturated carbocycles. The number of H-pyrrole nitrogens is 1. The highest BCUT2D eigenvalue weighted by molar-refractivity contribution is 7.89. The quantitative estimate of drug-likeness (QED) is 0.751. The Kier molecular flexibility index (Phi) is 4.22. The Labute approximate surface area is 89.5 Å². The molecule has 0 spiro atoms. The van der Waals surface area contributed by atoms with E-state index >= 15 is 0 Å². The summed E-state index contributed by atoms with van der Waals surface area (Å²) in [5.41, 5.74) is 0. The Hall–Kier alpha value is -0.950. The number of sulfonamides is 1. The van der Waals surface area contributed by atoms with Gasteiger partial charge in [-0.1, -0.05) is 13.3 Å². The van der Waals surface area contributed by atoms with Crippen molar-refractivity contribution in [3.05, 3.63) is 12.2 Å². The van der Waals surface area contributed by atoms with Crippen molar-refractivity contribution in [2.45, 2.75) is 32.7 Å². The van der Waals surface area contributed by atoms with Gasteiger partial charge in [0.25, 0.3) is 0 Å². The zero-order valence-corrected chi connectivity index (χ0v) is 9.71. The van der Waals surface area contributed by atoms with E-state index < -0.39 is 10.0 Å². The van der Waals surface area contributed by atoms with Gasteiger partial charge >= 0.3 is 0 Å². The molecule has 0 bridgehead atoms. The van der Waals surface area contributed by atoms with E-state index in [2.05, 4.69) is 19.9 Å². The molecule has 1 heterocycles. The van der Waals surface area contributed by atoms with Gasteiger partial charge in [0.05, 0.1) is 11.8 Å². The van der Waals surface area contributed by atoms with Gasteiger partial charge in [-0.3, -0.25) is 5.10 Å². The van der Waals surface area contributed by atoms with Crippen LogP contribution in [-0.2, 0) is 10.0 Å². The molecule has 0 radical (unpaired) electrons. The molecule has 0 amide bonds. The van der Waals surface area contributed by atoms with Crippen molar-refractivity contribution in [3.63, 3.8) is 0 Å². The predicted octanol–water partition coefficient (Wildman–Crippen LogP) is 0.585. The fourth-order valence-corrected chi connectivity index (χ4v) is 2.58. The SMILES string of the molecule is CCCCS(=O)(=O)NC(C)c1ncn[nH]1. The van der Waals surface area contributed by atoms with Gasteiger partial charge in [-0.2, -0.15) is 5.10 Å². The molecular formula is C8H16N4O2S. The normalized spacial score (nSPS) is 14.0. The number of aromatic nitrogens is 3. The summed E-state index contributed by atoms with van der Waals surface area (Å²) in [6.45, 7) is 3.68. The van der Waals surface area contributed by atoms with E-state index in [-0.39, 0.29) is 11.8 Å². The second-order valence-corrected chi connectivity index (χ2v) is 5.26. The summed E-state index contributed by atoms with van der Waals surface area (Å²) in [5, 5.41) is 6.29. The van der Waals surface area contributed by atoms with Gasteiger partial charge in [0, 0.05) is 0 Å². The van der Waals surface area contributed by atoms with Crippen LogP contribution in [0.2, 0.25) is 0 Å². The summed E-state index contributed by atoms with van der Waals surface area (Å²) in [4.78, 5) is 3.89. The van der Waals surface area contributed by atoms with Crippen LogP contribution in [0.25, 0.3) is 0 Å². The van der Waals surface area contributed by atoms with Crippen molar-refractivity contribution < 1.29 is 8.42 Å². The molecule has 86 valence electrons. The van der Waals surface area contributed by atoms with Crippen LogP contribution in [0.3, 0.4) is 0 Å². The first-order chi connectivity index (χ1) is 7.05. The van der Waals surface area contributed by atoms with E-state index in [1.54, 1.807) is 6.92 Å². The lowest BCUT2D eigenvalue weighted by Crippen LogP contribution is -2.29. The average Bonchev–Trinajstić information content (AvgIpc) is 2.67. The molecule has 1 unspecified atom stereocenters. The van der Waals surface area contributed by atoms with Gasteiger partial charge in [-0.25, -0.2) is 18.1 Å². The van der Waals surface area contributed by atoms with Crippen LogP contribution in [0, 0.1) is 0 Å². The molecule has 7 heteroatoms. The van der Waals surface area contributed by atoms with Crippen LogP contribution in [0.15, 0.2) is 6.33 Å². The van der Waals surface area contributed by atoms with E-state index in [0.717, 1.165) is 6.42 Å². The van der Waals surface area contributed by atoms with Crippen molar-refractivity contribution in [3.8, 4) is 0 Å². The second-order valence-electron chi connectivity index (χ2n) is 3.38. The highest BCUT2D eigenvalue weighted by Gasteiger charge is 2.16. The van der Waals surface area contributed by atoms with Gasteiger partial charge < -0.3 is 0 Å². The second kappa shape index (κ2) is 5.22. The number of nitrogens with zero attached hydrogens (tertiary/aromatic N) is 2. The van der Waals surface area contributed by atoms with Crippen molar-refractivity contribution in [2.75, 3.05) is 5.75 Å². The van der Waals surface area contributed by atoms with E-state index in [4.69, 9.17) is 0 Å². The van der Waals surface area contributed by atoms with Gasteiger partial charge in [0.15, 0.2) is 0 Å². The Morgan fingerprint density at radius 2 is 2.33 bits per heavy atom. The molecule has 1 atom stereocenters. The Bertz CT molecular complexity index is 373. The average molecular weight is 232 g/mol. The van der Waals surface area contributed by atoms with Gasteiger partial charge in [0.2, 0.25) is 10.0 Å². The highest BCUT2D eigenvalue weighted by atomic mass is 32.2. The topological polar surface area (TPSA) is 87.7 Å². The maximum Gasteiger partial charge on any atom is 0.212 e. The number of nitrogens with one attached hydrogen (secondary N) is 2. The molecular weight excluding hydrogens is 216 g/mol. The Balaban J connectivity index is 2.54. The minimum Gasteiger partial charge on any atom is -0.262 e. The Morgan fingerprint density at radius 1 is 1.60 bits per heavy atom.